The first-order chi connectivity index (χ1) is 21.7. The van der Waals surface area contributed by atoms with Gasteiger partial charge in [0.05, 0.1) is 12.5 Å². The monoisotopic (exact) mass is 628 g/mol. The molecule has 3 unspecified atom stereocenters. The number of nitrogens with one attached hydrogen (secondary N) is 2. The third-order valence-corrected chi connectivity index (χ3v) is 8.48. The van der Waals surface area contributed by atoms with Crippen LogP contribution in [0.4, 0.5) is 0 Å². The summed E-state index contributed by atoms with van der Waals surface area (Å²) in [5, 5.41) is 15.4. The summed E-state index contributed by atoms with van der Waals surface area (Å²) in [5.41, 5.74) is 0.260. The second kappa shape index (κ2) is 22.7. The molecular weight excluding hydrogens is 568 g/mol. The van der Waals surface area contributed by atoms with Crippen LogP contribution >= 0.6 is 0 Å². The van der Waals surface area contributed by atoms with Crippen LogP contribution in [0.1, 0.15) is 135 Å². The number of aliphatic carboxylic acids is 1. The van der Waals surface area contributed by atoms with Crippen LogP contribution in [0.5, 0.6) is 0 Å². The molecule has 254 valence electrons. The van der Waals surface area contributed by atoms with Gasteiger partial charge in [0, 0.05) is 30.5 Å². The Labute approximate surface area is 272 Å². The Hall–Kier alpha value is -2.71. The van der Waals surface area contributed by atoms with Gasteiger partial charge in [0.25, 0.3) is 0 Å². The lowest BCUT2D eigenvalue weighted by Crippen LogP contribution is -2.52. The molecule has 1 aliphatic rings. The van der Waals surface area contributed by atoms with E-state index in [0.717, 1.165) is 31.2 Å². The zero-order valence-corrected chi connectivity index (χ0v) is 28.2. The molecule has 0 bridgehead atoms. The summed E-state index contributed by atoms with van der Waals surface area (Å²) in [6, 6.07) is 9.44. The Morgan fingerprint density at radius 2 is 1.51 bits per heavy atom. The van der Waals surface area contributed by atoms with Crippen molar-refractivity contribution in [3.63, 3.8) is 0 Å². The Kier molecular flexibility index (Phi) is 19.4. The molecule has 0 aromatic heterocycles. The molecule has 1 aromatic carbocycles. The lowest BCUT2D eigenvalue weighted by atomic mass is 9.85. The normalized spacial score (nSPS) is 18.5. The van der Waals surface area contributed by atoms with Gasteiger partial charge in [-0.1, -0.05) is 115 Å². The Morgan fingerprint density at radius 1 is 0.889 bits per heavy atom. The zero-order chi connectivity index (χ0) is 32.8. The van der Waals surface area contributed by atoms with Crippen LogP contribution in [0, 0.1) is 11.3 Å². The fourth-order valence-electron chi connectivity index (χ4n) is 5.57. The van der Waals surface area contributed by atoms with Crippen LogP contribution in [0.15, 0.2) is 42.5 Å². The minimum Gasteiger partial charge on any atom is -0.481 e. The average molecular weight is 629 g/mol. The number of carboxylic acid groups (broad SMARTS) is 1. The lowest BCUT2D eigenvalue weighted by molar-refractivity contribution is -0.258. The van der Waals surface area contributed by atoms with Crippen LogP contribution in [0.2, 0.25) is 0 Å². The molecule has 1 saturated heterocycles. The zero-order valence-electron chi connectivity index (χ0n) is 28.2. The summed E-state index contributed by atoms with van der Waals surface area (Å²) in [6.45, 7) is 6.81. The average Bonchev–Trinajstić information content (AvgIpc) is 3.02. The maximum atomic E-state index is 13.1. The van der Waals surface area contributed by atoms with E-state index in [1.165, 1.54) is 57.8 Å². The second-order valence-electron chi connectivity index (χ2n) is 13.2. The van der Waals surface area contributed by atoms with Gasteiger partial charge in [0.15, 0.2) is 6.29 Å². The van der Waals surface area contributed by atoms with Gasteiger partial charge in [-0.2, -0.15) is 0 Å². The van der Waals surface area contributed by atoms with Crippen molar-refractivity contribution >= 4 is 17.8 Å². The van der Waals surface area contributed by atoms with Crippen molar-refractivity contribution in [3.05, 3.63) is 48.0 Å². The highest BCUT2D eigenvalue weighted by Gasteiger charge is 2.43. The summed E-state index contributed by atoms with van der Waals surface area (Å²) in [7, 11) is 0. The number of hydrogen-bond donors (Lipinski definition) is 3. The van der Waals surface area contributed by atoms with Gasteiger partial charge in [-0.3, -0.25) is 14.4 Å². The number of carbonyl (C=O) groups excluding carboxylic acids is 2. The predicted molar refractivity (Wildman–Crippen MR) is 180 cm³/mol. The Bertz CT molecular complexity index is 996. The number of rotatable bonds is 24. The van der Waals surface area contributed by atoms with Gasteiger partial charge in [0.2, 0.25) is 11.8 Å². The van der Waals surface area contributed by atoms with Gasteiger partial charge in [-0.05, 0) is 44.9 Å². The number of carboxylic acids is 1. The topological polar surface area (TPSA) is 114 Å². The molecule has 3 N–H and O–H groups in total. The molecule has 0 aliphatic carbocycles. The number of benzene rings is 1. The third kappa shape index (κ3) is 16.4. The number of carbonyl (C=O) groups is 3. The van der Waals surface area contributed by atoms with E-state index < -0.39 is 29.7 Å². The molecule has 0 spiro atoms. The molecule has 1 aromatic rings. The van der Waals surface area contributed by atoms with E-state index in [1.54, 1.807) is 0 Å². The van der Waals surface area contributed by atoms with Crippen LogP contribution in [-0.4, -0.2) is 48.7 Å². The first-order valence-corrected chi connectivity index (χ1v) is 17.5. The minimum atomic E-state index is -0.968. The van der Waals surface area contributed by atoms with Crippen molar-refractivity contribution in [3.8, 4) is 0 Å². The third-order valence-electron chi connectivity index (χ3n) is 8.48. The van der Waals surface area contributed by atoms with E-state index in [4.69, 9.17) is 9.47 Å². The molecule has 1 heterocycles. The fraction of sp³-hybridized carbons (Fsp3) is 0.703. The molecular formula is C37H60N2O6. The smallest absolute Gasteiger partial charge is 0.308 e. The van der Waals surface area contributed by atoms with E-state index >= 15 is 0 Å². The Balaban J connectivity index is 1.53. The highest BCUT2D eigenvalue weighted by Crippen LogP contribution is 2.36. The van der Waals surface area contributed by atoms with Gasteiger partial charge in [0.1, 0.15) is 6.10 Å². The molecule has 3 atom stereocenters. The minimum absolute atomic E-state index is 0.00380. The van der Waals surface area contributed by atoms with Crippen molar-refractivity contribution in [1.29, 1.82) is 0 Å². The predicted octanol–water partition coefficient (Wildman–Crippen LogP) is 7.88. The van der Waals surface area contributed by atoms with Gasteiger partial charge < -0.3 is 25.2 Å². The quantitative estimate of drug-likeness (QED) is 0.0793. The summed E-state index contributed by atoms with van der Waals surface area (Å²) in [4.78, 5) is 37.1. The maximum Gasteiger partial charge on any atom is 0.308 e. The number of ether oxygens (including phenoxy) is 2. The molecule has 1 fully saturated rings. The van der Waals surface area contributed by atoms with E-state index in [2.05, 4.69) is 29.7 Å². The van der Waals surface area contributed by atoms with Crippen LogP contribution in [0.25, 0.3) is 0 Å². The summed E-state index contributed by atoms with van der Waals surface area (Å²) in [6.07, 6.45) is 20.5. The van der Waals surface area contributed by atoms with Crippen molar-refractivity contribution in [2.24, 2.45) is 11.3 Å². The van der Waals surface area contributed by atoms with Crippen LogP contribution in [-0.2, 0) is 23.9 Å². The van der Waals surface area contributed by atoms with Gasteiger partial charge in [-0.15, -0.1) is 0 Å². The molecule has 2 amide bonds. The summed E-state index contributed by atoms with van der Waals surface area (Å²) >= 11 is 0. The van der Waals surface area contributed by atoms with E-state index in [0.29, 0.717) is 32.4 Å². The number of hydrogen-bond acceptors (Lipinski definition) is 5. The van der Waals surface area contributed by atoms with Crippen molar-refractivity contribution in [2.75, 3.05) is 19.7 Å². The highest BCUT2D eigenvalue weighted by atomic mass is 16.7. The highest BCUT2D eigenvalue weighted by molar-refractivity contribution is 5.82. The second-order valence-corrected chi connectivity index (χ2v) is 13.2. The number of allylic oxidation sites excluding steroid dienone is 2. The van der Waals surface area contributed by atoms with Crippen LogP contribution in [0.3, 0.4) is 0 Å². The van der Waals surface area contributed by atoms with Gasteiger partial charge >= 0.3 is 5.97 Å². The van der Waals surface area contributed by atoms with E-state index in [-0.39, 0.29) is 18.4 Å². The molecule has 0 radical (unpaired) electrons. The fourth-order valence-corrected chi connectivity index (χ4v) is 5.57. The number of amides is 2. The van der Waals surface area contributed by atoms with Crippen molar-refractivity contribution in [2.45, 2.75) is 136 Å². The molecule has 8 heteroatoms. The molecule has 2 rings (SSSR count). The SMILES string of the molecule is CCCCCCCCC=CCCCCCCCC(=O)NCCCC(CNC(=O)C1OC(c2ccccc2)OCC1(C)C)C(=O)O. The first kappa shape index (κ1) is 38.5. The maximum absolute atomic E-state index is 13.1. The number of unbranched alkanes of at least 4 members (excludes halogenated alkanes) is 11. The molecule has 45 heavy (non-hydrogen) atoms. The van der Waals surface area contributed by atoms with Crippen molar-refractivity contribution in [1.82, 2.24) is 10.6 Å². The standard InChI is InChI=1S/C37H60N2O6/c1-4-5-6-7-8-9-10-11-12-13-14-15-16-17-21-26-32(40)38-27-22-25-31(35(42)43)28-39-34(41)33-37(2,3)29-44-36(45-33)30-23-19-18-20-24-30/h11-12,18-20,23-24,31,33,36H,4-10,13-17,21-22,25-29H2,1-3H3,(H,38,40)(H,39,41)(H,42,43). The largest absolute Gasteiger partial charge is 0.481 e. The summed E-state index contributed by atoms with van der Waals surface area (Å²) in [5.74, 6) is -2.04. The van der Waals surface area contributed by atoms with E-state index in [9.17, 15) is 19.5 Å². The summed E-state index contributed by atoms with van der Waals surface area (Å²) < 4.78 is 11.9. The molecule has 1 aliphatic heterocycles. The van der Waals surface area contributed by atoms with Crippen molar-refractivity contribution < 1.29 is 29.0 Å². The van der Waals surface area contributed by atoms with E-state index in [1.807, 2.05) is 44.2 Å². The first-order valence-electron chi connectivity index (χ1n) is 17.5. The Morgan fingerprint density at radius 3 is 2.16 bits per heavy atom. The van der Waals surface area contributed by atoms with Gasteiger partial charge in [-0.25, -0.2) is 0 Å². The molecule has 0 saturated carbocycles. The lowest BCUT2D eigenvalue weighted by Gasteiger charge is -2.41. The van der Waals surface area contributed by atoms with Crippen LogP contribution < -0.4 is 10.6 Å². The molecule has 8 nitrogen and oxygen atoms in total.